The monoisotopic (exact) mass is 179 g/mol. The van der Waals surface area contributed by atoms with E-state index in [0.29, 0.717) is 0 Å². The summed E-state index contributed by atoms with van der Waals surface area (Å²) in [5.41, 5.74) is 6.57. The highest BCUT2D eigenvalue weighted by molar-refractivity contribution is 5.40. The molecule has 1 aromatic carbocycles. The molecule has 0 fully saturated rings. The second kappa shape index (κ2) is 3.79. The van der Waals surface area contributed by atoms with Crippen LogP contribution in [0.2, 0.25) is 0 Å². The standard InChI is InChI=1S/C11H17NO/c1-3-11(13,4-2)9-5-7-10(12)8-6-9/h5-8,13H,3-4,12H2,1-2H3. The molecule has 1 aromatic rings. The van der Waals surface area contributed by atoms with E-state index in [0.717, 1.165) is 24.1 Å². The quantitative estimate of drug-likeness (QED) is 0.699. The lowest BCUT2D eigenvalue weighted by Gasteiger charge is -2.25. The third-order valence-electron chi connectivity index (χ3n) is 2.62. The van der Waals surface area contributed by atoms with E-state index in [1.165, 1.54) is 0 Å². The molecule has 2 nitrogen and oxygen atoms in total. The number of anilines is 1. The molecule has 13 heavy (non-hydrogen) atoms. The number of hydrogen-bond acceptors (Lipinski definition) is 2. The average molecular weight is 179 g/mol. The summed E-state index contributed by atoms with van der Waals surface area (Å²) in [6.45, 7) is 3.97. The van der Waals surface area contributed by atoms with Crippen LogP contribution in [0.25, 0.3) is 0 Å². The van der Waals surface area contributed by atoms with E-state index in [2.05, 4.69) is 0 Å². The van der Waals surface area contributed by atoms with Gasteiger partial charge in [-0.1, -0.05) is 26.0 Å². The van der Waals surface area contributed by atoms with Crippen molar-refractivity contribution in [2.24, 2.45) is 0 Å². The minimum Gasteiger partial charge on any atom is -0.399 e. The predicted molar refractivity (Wildman–Crippen MR) is 55.3 cm³/mol. The second-order valence-electron chi connectivity index (χ2n) is 3.36. The fourth-order valence-corrected chi connectivity index (χ4v) is 1.45. The molecule has 3 N–H and O–H groups in total. The van der Waals surface area contributed by atoms with Crippen molar-refractivity contribution >= 4 is 5.69 Å². The fraction of sp³-hybridized carbons (Fsp3) is 0.455. The number of nitrogen functional groups attached to an aromatic ring is 1. The van der Waals surface area contributed by atoms with Gasteiger partial charge in [-0.25, -0.2) is 0 Å². The van der Waals surface area contributed by atoms with Crippen LogP contribution in [0.3, 0.4) is 0 Å². The lowest BCUT2D eigenvalue weighted by atomic mass is 9.89. The summed E-state index contributed by atoms with van der Waals surface area (Å²) in [5, 5.41) is 10.2. The van der Waals surface area contributed by atoms with Crippen LogP contribution in [0.15, 0.2) is 24.3 Å². The normalized spacial score (nSPS) is 11.6. The zero-order valence-corrected chi connectivity index (χ0v) is 8.25. The van der Waals surface area contributed by atoms with Crippen LogP contribution in [0.4, 0.5) is 5.69 Å². The van der Waals surface area contributed by atoms with Crippen molar-refractivity contribution in [1.29, 1.82) is 0 Å². The van der Waals surface area contributed by atoms with Crippen LogP contribution in [-0.4, -0.2) is 5.11 Å². The lowest BCUT2D eigenvalue weighted by Crippen LogP contribution is -2.23. The maximum Gasteiger partial charge on any atom is 0.0891 e. The van der Waals surface area contributed by atoms with Crippen molar-refractivity contribution in [3.8, 4) is 0 Å². The topological polar surface area (TPSA) is 46.2 Å². The predicted octanol–water partition coefficient (Wildman–Crippen LogP) is 2.28. The molecule has 0 aliphatic rings. The van der Waals surface area contributed by atoms with Gasteiger partial charge in [0.2, 0.25) is 0 Å². The molecule has 0 amide bonds. The summed E-state index contributed by atoms with van der Waals surface area (Å²) in [6, 6.07) is 7.43. The van der Waals surface area contributed by atoms with Gasteiger partial charge in [0.15, 0.2) is 0 Å². The van der Waals surface area contributed by atoms with Gasteiger partial charge in [0.05, 0.1) is 5.60 Å². The van der Waals surface area contributed by atoms with Gasteiger partial charge in [0.1, 0.15) is 0 Å². The molecule has 0 saturated heterocycles. The summed E-state index contributed by atoms with van der Waals surface area (Å²) >= 11 is 0. The first-order valence-electron chi connectivity index (χ1n) is 4.70. The van der Waals surface area contributed by atoms with Gasteiger partial charge in [0.25, 0.3) is 0 Å². The van der Waals surface area contributed by atoms with Gasteiger partial charge < -0.3 is 10.8 Å². The summed E-state index contributed by atoms with van der Waals surface area (Å²) in [4.78, 5) is 0. The molecular weight excluding hydrogens is 162 g/mol. The van der Waals surface area contributed by atoms with Crippen molar-refractivity contribution < 1.29 is 5.11 Å². The molecule has 2 heteroatoms. The highest BCUT2D eigenvalue weighted by Crippen LogP contribution is 2.28. The molecule has 0 aliphatic carbocycles. The average Bonchev–Trinajstić information content (AvgIpc) is 2.18. The minimum atomic E-state index is -0.687. The Labute approximate surface area is 79.4 Å². The summed E-state index contributed by atoms with van der Waals surface area (Å²) in [7, 11) is 0. The number of aliphatic hydroxyl groups is 1. The maximum atomic E-state index is 10.2. The summed E-state index contributed by atoms with van der Waals surface area (Å²) in [5.74, 6) is 0. The van der Waals surface area contributed by atoms with Crippen LogP contribution in [0, 0.1) is 0 Å². The Kier molecular flexibility index (Phi) is 2.94. The molecule has 0 bridgehead atoms. The highest BCUT2D eigenvalue weighted by atomic mass is 16.3. The van der Waals surface area contributed by atoms with Gasteiger partial charge >= 0.3 is 0 Å². The Morgan fingerprint density at radius 2 is 1.62 bits per heavy atom. The van der Waals surface area contributed by atoms with E-state index in [1.54, 1.807) is 0 Å². The summed E-state index contributed by atoms with van der Waals surface area (Å²) < 4.78 is 0. The van der Waals surface area contributed by atoms with Crippen molar-refractivity contribution in [1.82, 2.24) is 0 Å². The number of hydrogen-bond donors (Lipinski definition) is 2. The molecule has 0 heterocycles. The zero-order chi connectivity index (χ0) is 9.90. The second-order valence-corrected chi connectivity index (χ2v) is 3.36. The van der Waals surface area contributed by atoms with Gasteiger partial charge in [0, 0.05) is 5.69 Å². The molecule has 0 aliphatic heterocycles. The number of nitrogens with two attached hydrogens (primary N) is 1. The Morgan fingerprint density at radius 3 is 2.00 bits per heavy atom. The first-order valence-corrected chi connectivity index (χ1v) is 4.70. The number of rotatable bonds is 3. The van der Waals surface area contributed by atoms with E-state index in [9.17, 15) is 5.11 Å². The Morgan fingerprint density at radius 1 is 1.15 bits per heavy atom. The van der Waals surface area contributed by atoms with Gasteiger partial charge in [-0.05, 0) is 30.5 Å². The van der Waals surface area contributed by atoms with Gasteiger partial charge in [-0.15, -0.1) is 0 Å². The van der Waals surface area contributed by atoms with E-state index in [1.807, 2.05) is 38.1 Å². The molecule has 0 aromatic heterocycles. The number of benzene rings is 1. The molecule has 0 saturated carbocycles. The van der Waals surface area contributed by atoms with E-state index < -0.39 is 5.60 Å². The highest BCUT2D eigenvalue weighted by Gasteiger charge is 2.23. The van der Waals surface area contributed by atoms with Crippen LogP contribution >= 0.6 is 0 Å². The molecule has 0 unspecified atom stereocenters. The molecule has 0 spiro atoms. The van der Waals surface area contributed by atoms with Crippen molar-refractivity contribution in [3.63, 3.8) is 0 Å². The maximum absolute atomic E-state index is 10.2. The van der Waals surface area contributed by atoms with Crippen LogP contribution < -0.4 is 5.73 Å². The van der Waals surface area contributed by atoms with Crippen molar-refractivity contribution in [2.45, 2.75) is 32.3 Å². The third kappa shape index (κ3) is 2.01. The Hall–Kier alpha value is -1.02. The molecule has 72 valence electrons. The molecular formula is C11H17NO. The first-order chi connectivity index (χ1) is 6.12. The van der Waals surface area contributed by atoms with E-state index >= 15 is 0 Å². The zero-order valence-electron chi connectivity index (χ0n) is 8.25. The van der Waals surface area contributed by atoms with Crippen molar-refractivity contribution in [3.05, 3.63) is 29.8 Å². The fourth-order valence-electron chi connectivity index (χ4n) is 1.45. The molecule has 1 rings (SSSR count). The largest absolute Gasteiger partial charge is 0.399 e. The van der Waals surface area contributed by atoms with Gasteiger partial charge in [-0.2, -0.15) is 0 Å². The van der Waals surface area contributed by atoms with Gasteiger partial charge in [-0.3, -0.25) is 0 Å². The summed E-state index contributed by atoms with van der Waals surface area (Å²) in [6.07, 6.45) is 1.46. The Balaban J connectivity index is 2.99. The van der Waals surface area contributed by atoms with Crippen molar-refractivity contribution in [2.75, 3.05) is 5.73 Å². The van der Waals surface area contributed by atoms with Crippen LogP contribution in [0.1, 0.15) is 32.3 Å². The lowest BCUT2D eigenvalue weighted by molar-refractivity contribution is 0.0284. The Bertz CT molecular complexity index is 262. The SMILES string of the molecule is CCC(O)(CC)c1ccc(N)cc1. The van der Waals surface area contributed by atoms with Crippen LogP contribution in [-0.2, 0) is 5.60 Å². The minimum absolute atomic E-state index is 0.687. The first kappa shape index (κ1) is 10.1. The third-order valence-corrected chi connectivity index (χ3v) is 2.62. The van der Waals surface area contributed by atoms with Crippen LogP contribution in [0.5, 0.6) is 0 Å². The van der Waals surface area contributed by atoms with E-state index in [-0.39, 0.29) is 0 Å². The smallest absolute Gasteiger partial charge is 0.0891 e. The van der Waals surface area contributed by atoms with E-state index in [4.69, 9.17) is 5.73 Å². The molecule has 0 atom stereocenters. The molecule has 0 radical (unpaired) electrons.